The van der Waals surface area contributed by atoms with Crippen LogP contribution in [0.25, 0.3) is 0 Å². The predicted molar refractivity (Wildman–Crippen MR) is 107 cm³/mol. The molecule has 1 aromatic carbocycles. The van der Waals surface area contributed by atoms with Gasteiger partial charge < -0.3 is 15.2 Å². The Morgan fingerprint density at radius 1 is 1.17 bits per heavy atom. The highest BCUT2D eigenvalue weighted by atomic mass is 19.1. The number of carbonyl (C=O) groups is 2. The maximum atomic E-state index is 14.1. The van der Waals surface area contributed by atoms with Crippen LogP contribution in [0, 0.1) is 11.7 Å². The number of carbonyl (C=O) groups excluding carboxylic acids is 2. The molecular weight excluding hydrogens is 375 g/mol. The predicted octanol–water partition coefficient (Wildman–Crippen LogP) is 4.25. The first kappa shape index (κ1) is 21.0. The van der Waals surface area contributed by atoms with Crippen LogP contribution in [0.2, 0.25) is 0 Å². The summed E-state index contributed by atoms with van der Waals surface area (Å²) >= 11 is 0. The molecule has 0 atom stereocenters. The second kappa shape index (κ2) is 10.1. The van der Waals surface area contributed by atoms with E-state index >= 15 is 0 Å². The van der Waals surface area contributed by atoms with Gasteiger partial charge in [0.25, 0.3) is 0 Å². The molecule has 0 unspecified atom stereocenters. The third-order valence-corrected chi connectivity index (χ3v) is 5.03. The lowest BCUT2D eigenvalue weighted by molar-refractivity contribution is -0.120. The normalized spacial score (nSPS) is 14.6. The molecular formula is C21H27FN4O3. The fourth-order valence-electron chi connectivity index (χ4n) is 3.46. The molecule has 0 bridgehead atoms. The molecule has 0 saturated heterocycles. The highest BCUT2D eigenvalue weighted by Gasteiger charge is 2.22. The molecule has 1 aliphatic rings. The van der Waals surface area contributed by atoms with Gasteiger partial charge in [-0.15, -0.1) is 0 Å². The molecule has 2 aromatic rings. The van der Waals surface area contributed by atoms with Crippen molar-refractivity contribution in [3.63, 3.8) is 0 Å². The van der Waals surface area contributed by atoms with E-state index in [2.05, 4.69) is 20.8 Å². The van der Waals surface area contributed by atoms with Crippen LogP contribution in [-0.2, 0) is 22.4 Å². The summed E-state index contributed by atoms with van der Waals surface area (Å²) in [5.41, 5.74) is 0.507. The zero-order chi connectivity index (χ0) is 20.6. The van der Waals surface area contributed by atoms with Crippen molar-refractivity contribution in [3.8, 4) is 0 Å². The van der Waals surface area contributed by atoms with E-state index in [0.29, 0.717) is 23.8 Å². The van der Waals surface area contributed by atoms with Crippen LogP contribution in [-0.4, -0.2) is 22.0 Å². The molecule has 1 aromatic heterocycles. The minimum Gasteiger partial charge on any atom is -0.339 e. The Kier molecular flexibility index (Phi) is 7.32. The number of amides is 2. The van der Waals surface area contributed by atoms with Gasteiger partial charge in [0.2, 0.25) is 17.7 Å². The number of anilines is 2. The molecule has 1 saturated carbocycles. The third kappa shape index (κ3) is 6.10. The number of hydrogen-bond acceptors (Lipinski definition) is 5. The van der Waals surface area contributed by atoms with Crippen molar-refractivity contribution < 1.29 is 18.5 Å². The summed E-state index contributed by atoms with van der Waals surface area (Å²) in [6.45, 7) is 2.03. The molecule has 0 radical (unpaired) electrons. The number of nitrogens with zero attached hydrogens (tertiary/aromatic N) is 2. The van der Waals surface area contributed by atoms with Gasteiger partial charge in [-0.05, 0) is 37.5 Å². The zero-order valence-corrected chi connectivity index (χ0v) is 16.7. The van der Waals surface area contributed by atoms with Crippen LogP contribution in [0.15, 0.2) is 22.7 Å². The second-order valence-electron chi connectivity index (χ2n) is 7.42. The van der Waals surface area contributed by atoms with E-state index in [4.69, 9.17) is 4.52 Å². The molecule has 156 valence electrons. The Morgan fingerprint density at radius 2 is 1.97 bits per heavy atom. The summed E-state index contributed by atoms with van der Waals surface area (Å²) in [6.07, 6.45) is 7.00. The number of aryl methyl sites for hydroxylation is 2. The Bertz CT molecular complexity index is 846. The van der Waals surface area contributed by atoms with Gasteiger partial charge in [-0.25, -0.2) is 4.39 Å². The number of aromatic nitrogens is 2. The Balaban J connectivity index is 1.54. The molecule has 1 fully saturated rings. The molecule has 0 aliphatic heterocycles. The van der Waals surface area contributed by atoms with Crippen LogP contribution >= 0.6 is 0 Å². The lowest BCUT2D eigenvalue weighted by Gasteiger charge is -2.21. The van der Waals surface area contributed by atoms with Crippen molar-refractivity contribution in [3.05, 3.63) is 35.7 Å². The highest BCUT2D eigenvalue weighted by Crippen LogP contribution is 2.26. The first-order valence-corrected chi connectivity index (χ1v) is 10.3. The van der Waals surface area contributed by atoms with E-state index in [1.165, 1.54) is 18.2 Å². The second-order valence-corrected chi connectivity index (χ2v) is 7.42. The van der Waals surface area contributed by atoms with E-state index in [-0.39, 0.29) is 29.8 Å². The van der Waals surface area contributed by atoms with E-state index in [0.717, 1.165) is 44.9 Å². The highest BCUT2D eigenvalue weighted by molar-refractivity contribution is 5.95. The van der Waals surface area contributed by atoms with E-state index in [9.17, 15) is 14.0 Å². The van der Waals surface area contributed by atoms with Crippen molar-refractivity contribution in [2.24, 2.45) is 5.92 Å². The fraction of sp³-hybridized carbons (Fsp3) is 0.524. The largest absolute Gasteiger partial charge is 0.339 e. The maximum Gasteiger partial charge on any atom is 0.227 e. The molecule has 8 heteroatoms. The van der Waals surface area contributed by atoms with Crippen LogP contribution in [0.3, 0.4) is 0 Å². The average Bonchev–Trinajstić information content (AvgIpc) is 3.17. The topological polar surface area (TPSA) is 97.1 Å². The van der Waals surface area contributed by atoms with Gasteiger partial charge >= 0.3 is 0 Å². The first-order chi connectivity index (χ1) is 14.0. The third-order valence-electron chi connectivity index (χ3n) is 5.03. The van der Waals surface area contributed by atoms with E-state index in [1.807, 2.05) is 6.92 Å². The van der Waals surface area contributed by atoms with Gasteiger partial charge in [0.15, 0.2) is 5.82 Å². The lowest BCUT2D eigenvalue weighted by atomic mass is 9.88. The fourth-order valence-corrected chi connectivity index (χ4v) is 3.46. The Hall–Kier alpha value is -2.77. The van der Waals surface area contributed by atoms with Crippen LogP contribution in [0.1, 0.15) is 63.6 Å². The molecule has 29 heavy (non-hydrogen) atoms. The van der Waals surface area contributed by atoms with Gasteiger partial charge in [-0.3, -0.25) is 9.59 Å². The minimum absolute atomic E-state index is 0.0756. The van der Waals surface area contributed by atoms with E-state index in [1.54, 1.807) is 0 Å². The molecule has 2 amide bonds. The first-order valence-electron chi connectivity index (χ1n) is 10.3. The molecule has 1 heterocycles. The number of benzene rings is 1. The van der Waals surface area contributed by atoms with Crippen molar-refractivity contribution in [2.75, 3.05) is 10.6 Å². The lowest BCUT2D eigenvalue weighted by Crippen LogP contribution is -2.25. The number of hydrogen-bond donors (Lipinski definition) is 2. The number of rotatable bonds is 8. The summed E-state index contributed by atoms with van der Waals surface area (Å²) in [5, 5.41) is 9.24. The average molecular weight is 402 g/mol. The van der Waals surface area contributed by atoms with Gasteiger partial charge in [0.05, 0.1) is 5.69 Å². The number of halogens is 1. The van der Waals surface area contributed by atoms with Gasteiger partial charge in [0.1, 0.15) is 5.82 Å². The Morgan fingerprint density at radius 3 is 2.72 bits per heavy atom. The SMILES string of the molecule is CCCc1noc(CCC(=O)Nc2ccc(F)c(NC(=O)C3CCCCC3)c2)n1. The summed E-state index contributed by atoms with van der Waals surface area (Å²) in [7, 11) is 0. The van der Waals surface area contributed by atoms with Gasteiger partial charge in [0, 0.05) is 30.9 Å². The smallest absolute Gasteiger partial charge is 0.227 e. The van der Waals surface area contributed by atoms with Crippen LogP contribution < -0.4 is 10.6 Å². The molecule has 7 nitrogen and oxygen atoms in total. The quantitative estimate of drug-likeness (QED) is 0.688. The standard InChI is InChI=1S/C21H27FN4O3/c1-2-6-18-25-20(29-26-18)12-11-19(27)23-15-9-10-16(22)17(13-15)24-21(28)14-7-4-3-5-8-14/h9-10,13-14H,2-8,11-12H2,1H3,(H,23,27)(H,24,28). The summed E-state index contributed by atoms with van der Waals surface area (Å²) < 4.78 is 19.2. The van der Waals surface area contributed by atoms with Crippen LogP contribution in [0.4, 0.5) is 15.8 Å². The molecule has 2 N–H and O–H groups in total. The van der Waals surface area contributed by atoms with E-state index < -0.39 is 5.82 Å². The van der Waals surface area contributed by atoms with Crippen molar-refractivity contribution in [1.82, 2.24) is 10.1 Å². The monoisotopic (exact) mass is 402 g/mol. The summed E-state index contributed by atoms with van der Waals surface area (Å²) in [5.74, 6) is 0.0422. The van der Waals surface area contributed by atoms with Gasteiger partial charge in [-0.1, -0.05) is 31.3 Å². The molecule has 1 aliphatic carbocycles. The van der Waals surface area contributed by atoms with Crippen molar-refractivity contribution in [2.45, 2.75) is 64.7 Å². The van der Waals surface area contributed by atoms with Crippen LogP contribution in [0.5, 0.6) is 0 Å². The molecule has 0 spiro atoms. The van der Waals surface area contributed by atoms with Crippen molar-refractivity contribution in [1.29, 1.82) is 0 Å². The maximum absolute atomic E-state index is 14.1. The molecule has 3 rings (SSSR count). The van der Waals surface area contributed by atoms with Gasteiger partial charge in [-0.2, -0.15) is 4.98 Å². The number of nitrogens with one attached hydrogen (secondary N) is 2. The van der Waals surface area contributed by atoms with Crippen molar-refractivity contribution >= 4 is 23.2 Å². The summed E-state index contributed by atoms with van der Waals surface area (Å²) in [6, 6.07) is 4.15. The zero-order valence-electron chi connectivity index (χ0n) is 16.7. The minimum atomic E-state index is -0.526. The Labute approximate surface area is 169 Å². The summed E-state index contributed by atoms with van der Waals surface area (Å²) in [4.78, 5) is 28.8.